The second kappa shape index (κ2) is 7.72. The van der Waals surface area contributed by atoms with Crippen molar-refractivity contribution in [1.29, 1.82) is 0 Å². The second-order valence-corrected chi connectivity index (χ2v) is 6.90. The molecule has 7 nitrogen and oxygen atoms in total. The number of anilines is 4. The number of benzene rings is 2. The molecule has 0 amide bonds. The number of methoxy groups -OCH3 is 1. The molecule has 0 unspecified atom stereocenters. The molecular weight excluding hydrogens is 354 g/mol. The first-order valence-corrected chi connectivity index (χ1v) is 9.35. The number of nitrogens with zero attached hydrogens (tertiary/aromatic N) is 3. The highest BCUT2D eigenvalue weighted by atomic mass is 16.5. The molecule has 1 aliphatic heterocycles. The molecule has 0 saturated carbocycles. The molecule has 7 heteroatoms. The van der Waals surface area contributed by atoms with Crippen molar-refractivity contribution in [1.82, 2.24) is 9.97 Å². The van der Waals surface area contributed by atoms with Crippen LogP contribution in [-0.4, -0.2) is 36.1 Å². The first kappa shape index (κ1) is 18.0. The van der Waals surface area contributed by atoms with Gasteiger partial charge in [0.15, 0.2) is 11.6 Å². The number of rotatable bonds is 4. The minimum absolute atomic E-state index is 0.0578. The zero-order chi connectivity index (χ0) is 19.5. The Labute approximate surface area is 163 Å². The van der Waals surface area contributed by atoms with Crippen molar-refractivity contribution in [2.75, 3.05) is 36.1 Å². The molecule has 0 atom stereocenters. The maximum Gasteiger partial charge on any atom is 0.308 e. The van der Waals surface area contributed by atoms with Crippen LogP contribution in [0.1, 0.15) is 12.8 Å². The summed E-state index contributed by atoms with van der Waals surface area (Å²) in [5, 5.41) is 5.60. The lowest BCUT2D eigenvalue weighted by Crippen LogP contribution is -2.37. The summed E-state index contributed by atoms with van der Waals surface area (Å²) >= 11 is 0. The minimum Gasteiger partial charge on any atom is -0.469 e. The van der Waals surface area contributed by atoms with Gasteiger partial charge in [-0.3, -0.25) is 4.79 Å². The Morgan fingerprint density at radius 1 is 1.14 bits per heavy atom. The zero-order valence-corrected chi connectivity index (χ0v) is 15.8. The fourth-order valence-corrected chi connectivity index (χ4v) is 3.69. The van der Waals surface area contributed by atoms with E-state index in [0.717, 1.165) is 29.3 Å². The molecule has 1 aliphatic rings. The van der Waals surface area contributed by atoms with Gasteiger partial charge in [-0.05, 0) is 24.3 Å². The van der Waals surface area contributed by atoms with Gasteiger partial charge < -0.3 is 20.7 Å². The number of carbonyl (C=O) groups is 1. The lowest BCUT2D eigenvalue weighted by Gasteiger charge is -2.32. The quantitative estimate of drug-likeness (QED) is 0.674. The molecule has 144 valence electrons. The molecule has 1 fully saturated rings. The molecule has 3 N–H and O–H groups in total. The molecule has 0 radical (unpaired) electrons. The van der Waals surface area contributed by atoms with E-state index in [9.17, 15) is 4.79 Å². The monoisotopic (exact) mass is 377 g/mol. The fourth-order valence-electron chi connectivity index (χ4n) is 3.69. The van der Waals surface area contributed by atoms with E-state index >= 15 is 0 Å². The van der Waals surface area contributed by atoms with Crippen LogP contribution in [0.2, 0.25) is 0 Å². The van der Waals surface area contributed by atoms with Crippen molar-refractivity contribution in [3.05, 3.63) is 48.8 Å². The number of ether oxygens (including phenoxy) is 1. The number of fused-ring (bicyclic) bond motifs is 1. The van der Waals surface area contributed by atoms with E-state index < -0.39 is 0 Å². The van der Waals surface area contributed by atoms with Gasteiger partial charge in [0.2, 0.25) is 0 Å². The van der Waals surface area contributed by atoms with Gasteiger partial charge in [0.1, 0.15) is 12.0 Å². The van der Waals surface area contributed by atoms with E-state index in [4.69, 9.17) is 10.5 Å². The Balaban J connectivity index is 1.57. The number of aromatic nitrogens is 2. The lowest BCUT2D eigenvalue weighted by molar-refractivity contribution is -0.146. The zero-order valence-electron chi connectivity index (χ0n) is 15.8. The largest absolute Gasteiger partial charge is 0.469 e. The first-order valence-electron chi connectivity index (χ1n) is 9.35. The van der Waals surface area contributed by atoms with E-state index in [1.165, 1.54) is 13.4 Å². The van der Waals surface area contributed by atoms with E-state index in [1.807, 2.05) is 24.3 Å². The van der Waals surface area contributed by atoms with Crippen LogP contribution in [0.4, 0.5) is 23.0 Å². The van der Waals surface area contributed by atoms with Crippen LogP contribution < -0.4 is 16.0 Å². The Bertz CT molecular complexity index is 994. The van der Waals surface area contributed by atoms with Crippen LogP contribution in [0.25, 0.3) is 10.8 Å². The van der Waals surface area contributed by atoms with Gasteiger partial charge in [0, 0.05) is 24.2 Å². The first-order chi connectivity index (χ1) is 13.7. The van der Waals surface area contributed by atoms with Gasteiger partial charge in [0.25, 0.3) is 0 Å². The van der Waals surface area contributed by atoms with Crippen LogP contribution in [0.5, 0.6) is 0 Å². The highest BCUT2D eigenvalue weighted by molar-refractivity contribution is 5.96. The Hall–Kier alpha value is -3.35. The van der Waals surface area contributed by atoms with Crippen LogP contribution >= 0.6 is 0 Å². The molecule has 0 spiro atoms. The molecule has 4 rings (SSSR count). The fraction of sp³-hybridized carbons (Fsp3) is 0.286. The van der Waals surface area contributed by atoms with Crippen molar-refractivity contribution >= 4 is 39.8 Å². The molecule has 1 aromatic heterocycles. The predicted octanol–water partition coefficient (Wildman–Crippen LogP) is 3.35. The highest BCUT2D eigenvalue weighted by Crippen LogP contribution is 2.33. The van der Waals surface area contributed by atoms with Gasteiger partial charge >= 0.3 is 5.97 Å². The summed E-state index contributed by atoms with van der Waals surface area (Å²) in [5.41, 5.74) is 7.86. The second-order valence-electron chi connectivity index (χ2n) is 6.90. The van der Waals surface area contributed by atoms with Crippen LogP contribution in [-0.2, 0) is 9.53 Å². The molecule has 1 saturated heterocycles. The van der Waals surface area contributed by atoms with Crippen LogP contribution in [0.15, 0.2) is 48.8 Å². The van der Waals surface area contributed by atoms with E-state index in [-0.39, 0.29) is 11.9 Å². The van der Waals surface area contributed by atoms with Crippen LogP contribution in [0.3, 0.4) is 0 Å². The minimum atomic E-state index is -0.145. The third-order valence-electron chi connectivity index (χ3n) is 5.23. The number of esters is 1. The maximum absolute atomic E-state index is 11.7. The van der Waals surface area contributed by atoms with Gasteiger partial charge in [-0.25, -0.2) is 9.97 Å². The number of nitrogens with one attached hydrogen (secondary N) is 1. The van der Waals surface area contributed by atoms with Crippen molar-refractivity contribution < 1.29 is 9.53 Å². The molecule has 2 heterocycles. The Morgan fingerprint density at radius 3 is 2.68 bits per heavy atom. The number of hydrogen-bond acceptors (Lipinski definition) is 7. The van der Waals surface area contributed by atoms with E-state index in [0.29, 0.717) is 30.4 Å². The lowest BCUT2D eigenvalue weighted by atomic mass is 9.97. The summed E-state index contributed by atoms with van der Waals surface area (Å²) in [6.07, 6.45) is 2.97. The summed E-state index contributed by atoms with van der Waals surface area (Å²) in [6, 6.07) is 14.2. The molecular formula is C21H23N5O2. The van der Waals surface area contributed by atoms with Crippen molar-refractivity contribution in [2.45, 2.75) is 12.8 Å². The summed E-state index contributed by atoms with van der Waals surface area (Å²) in [5.74, 6) is 1.07. The summed E-state index contributed by atoms with van der Waals surface area (Å²) in [6.45, 7) is 1.41. The third-order valence-corrected chi connectivity index (χ3v) is 5.23. The van der Waals surface area contributed by atoms with E-state index in [1.54, 1.807) is 0 Å². The van der Waals surface area contributed by atoms with Gasteiger partial charge in [0.05, 0.1) is 13.0 Å². The van der Waals surface area contributed by atoms with Crippen LogP contribution in [0, 0.1) is 5.92 Å². The molecule has 28 heavy (non-hydrogen) atoms. The van der Waals surface area contributed by atoms with Gasteiger partial charge in [-0.2, -0.15) is 0 Å². The van der Waals surface area contributed by atoms with Crippen molar-refractivity contribution in [3.8, 4) is 0 Å². The van der Waals surface area contributed by atoms with Crippen molar-refractivity contribution in [2.24, 2.45) is 5.92 Å². The standard InChI is InChI=1S/C21H23N5O2/c1-28-21(27)15-9-11-26(12-10-15)20-18(22)19(23-13-24-20)25-17-8-4-6-14-5-2-3-7-16(14)17/h2-8,13,15H,9-12,22H2,1H3,(H,23,24,25). The number of hydrogen-bond donors (Lipinski definition) is 2. The summed E-state index contributed by atoms with van der Waals surface area (Å²) in [7, 11) is 1.43. The summed E-state index contributed by atoms with van der Waals surface area (Å²) in [4.78, 5) is 22.6. The third kappa shape index (κ3) is 3.43. The number of piperidine rings is 1. The number of carbonyl (C=O) groups excluding carboxylic acids is 1. The molecule has 0 bridgehead atoms. The van der Waals surface area contributed by atoms with Gasteiger partial charge in [-0.15, -0.1) is 0 Å². The SMILES string of the molecule is COC(=O)C1CCN(c2ncnc(Nc3cccc4ccccc34)c2N)CC1. The maximum atomic E-state index is 11.7. The number of nitrogens with two attached hydrogens (primary N) is 1. The molecule has 2 aromatic carbocycles. The Morgan fingerprint density at radius 2 is 1.89 bits per heavy atom. The average Bonchev–Trinajstić information content (AvgIpc) is 2.75. The van der Waals surface area contributed by atoms with Gasteiger partial charge in [-0.1, -0.05) is 36.4 Å². The molecule has 0 aliphatic carbocycles. The smallest absolute Gasteiger partial charge is 0.308 e. The van der Waals surface area contributed by atoms with Crippen molar-refractivity contribution in [3.63, 3.8) is 0 Å². The normalized spacial score (nSPS) is 14.8. The highest BCUT2D eigenvalue weighted by Gasteiger charge is 2.27. The van der Waals surface area contributed by atoms with E-state index in [2.05, 4.69) is 38.4 Å². The predicted molar refractivity (Wildman–Crippen MR) is 111 cm³/mol. The summed E-state index contributed by atoms with van der Waals surface area (Å²) < 4.78 is 4.86. The number of nitrogen functional groups attached to an aromatic ring is 1. The molecule has 3 aromatic rings. The average molecular weight is 377 g/mol. The Kier molecular flexibility index (Phi) is 4.97. The topological polar surface area (TPSA) is 93.4 Å².